The van der Waals surface area contributed by atoms with Crippen molar-refractivity contribution in [3.8, 4) is 17.5 Å². The zero-order chi connectivity index (χ0) is 21.3. The maximum atomic E-state index is 12.8. The summed E-state index contributed by atoms with van der Waals surface area (Å²) in [6.45, 7) is 1.17. The van der Waals surface area contributed by atoms with Gasteiger partial charge in [0.15, 0.2) is 11.5 Å². The fraction of sp³-hybridized carbons (Fsp3) is 0.211. The van der Waals surface area contributed by atoms with Crippen LogP contribution in [0.4, 0.5) is 4.39 Å². The first-order valence-corrected chi connectivity index (χ1v) is 9.25. The summed E-state index contributed by atoms with van der Waals surface area (Å²) in [5.74, 6) is 0.418. The van der Waals surface area contributed by atoms with Crippen LogP contribution in [0.15, 0.2) is 35.1 Å². The van der Waals surface area contributed by atoms with Crippen LogP contribution < -0.4 is 10.1 Å². The number of methoxy groups -OCH3 is 1. The van der Waals surface area contributed by atoms with Gasteiger partial charge in [-0.3, -0.25) is 4.79 Å². The van der Waals surface area contributed by atoms with Crippen molar-refractivity contribution in [1.29, 1.82) is 0 Å². The summed E-state index contributed by atoms with van der Waals surface area (Å²) < 4.78 is 23.2. The minimum atomic E-state index is -0.559. The number of fused-ring (bicyclic) bond motifs is 1. The first kappa shape index (κ1) is 19.8. The third-order valence-electron chi connectivity index (χ3n) is 4.42. The van der Waals surface area contributed by atoms with E-state index in [0.717, 1.165) is 0 Å². The van der Waals surface area contributed by atoms with Crippen molar-refractivity contribution in [2.75, 3.05) is 7.11 Å². The molecule has 0 aliphatic rings. The van der Waals surface area contributed by atoms with Crippen molar-refractivity contribution >= 4 is 28.5 Å². The SMILES string of the molecule is COc1ncnc(C(=O)N[C@@H](C)c2cc(-c3nc4ccc(CF)cc4[nH]3)on2)c1Cl. The van der Waals surface area contributed by atoms with Gasteiger partial charge in [-0.2, -0.15) is 0 Å². The number of hydrogen-bond acceptors (Lipinski definition) is 7. The van der Waals surface area contributed by atoms with E-state index in [1.165, 1.54) is 13.4 Å². The Morgan fingerprint density at radius 2 is 2.20 bits per heavy atom. The van der Waals surface area contributed by atoms with Crippen LogP contribution >= 0.6 is 11.6 Å². The van der Waals surface area contributed by atoms with Gasteiger partial charge < -0.3 is 19.6 Å². The maximum absolute atomic E-state index is 12.8. The van der Waals surface area contributed by atoms with Gasteiger partial charge in [-0.25, -0.2) is 19.3 Å². The first-order valence-electron chi connectivity index (χ1n) is 8.87. The third kappa shape index (κ3) is 3.69. The molecule has 9 nitrogen and oxygen atoms in total. The molecule has 0 bridgehead atoms. The number of imidazole rings is 1. The smallest absolute Gasteiger partial charge is 0.272 e. The second kappa shape index (κ2) is 8.07. The molecule has 3 aromatic heterocycles. The highest BCUT2D eigenvalue weighted by atomic mass is 35.5. The number of ether oxygens (including phenoxy) is 1. The fourth-order valence-corrected chi connectivity index (χ4v) is 3.11. The van der Waals surface area contributed by atoms with Gasteiger partial charge >= 0.3 is 0 Å². The van der Waals surface area contributed by atoms with Crippen LogP contribution in [0, 0.1) is 0 Å². The van der Waals surface area contributed by atoms with E-state index in [1.54, 1.807) is 31.2 Å². The van der Waals surface area contributed by atoms with E-state index in [9.17, 15) is 9.18 Å². The highest BCUT2D eigenvalue weighted by Gasteiger charge is 2.21. The third-order valence-corrected chi connectivity index (χ3v) is 4.76. The monoisotopic (exact) mass is 430 g/mol. The Balaban J connectivity index is 1.53. The average molecular weight is 431 g/mol. The molecule has 0 aliphatic carbocycles. The molecule has 154 valence electrons. The van der Waals surface area contributed by atoms with Crippen molar-refractivity contribution in [2.24, 2.45) is 0 Å². The molecule has 0 saturated heterocycles. The number of hydrogen-bond donors (Lipinski definition) is 2. The largest absolute Gasteiger partial charge is 0.480 e. The second-order valence-electron chi connectivity index (χ2n) is 6.43. The number of halogens is 2. The molecule has 0 unspecified atom stereocenters. The number of H-pyrrole nitrogens is 1. The number of benzene rings is 1. The Bertz CT molecular complexity index is 1220. The van der Waals surface area contributed by atoms with Gasteiger partial charge in [0.25, 0.3) is 5.91 Å². The molecule has 30 heavy (non-hydrogen) atoms. The van der Waals surface area contributed by atoms with Gasteiger partial charge in [-0.05, 0) is 24.6 Å². The molecule has 1 amide bonds. The van der Waals surface area contributed by atoms with Crippen molar-refractivity contribution in [2.45, 2.75) is 19.6 Å². The van der Waals surface area contributed by atoms with E-state index in [1.807, 2.05) is 0 Å². The zero-order valence-electron chi connectivity index (χ0n) is 15.9. The molecule has 11 heteroatoms. The van der Waals surface area contributed by atoms with E-state index >= 15 is 0 Å². The molecule has 3 heterocycles. The molecular formula is C19H16ClFN6O3. The van der Waals surface area contributed by atoms with Gasteiger partial charge in [-0.15, -0.1) is 0 Å². The van der Waals surface area contributed by atoms with E-state index in [0.29, 0.717) is 33.9 Å². The number of nitrogens with one attached hydrogen (secondary N) is 2. The van der Waals surface area contributed by atoms with Crippen LogP contribution in [0.3, 0.4) is 0 Å². The maximum Gasteiger partial charge on any atom is 0.272 e. The average Bonchev–Trinajstić information content (AvgIpc) is 3.40. The van der Waals surface area contributed by atoms with Gasteiger partial charge in [0, 0.05) is 6.07 Å². The van der Waals surface area contributed by atoms with Crippen LogP contribution in [-0.4, -0.2) is 38.1 Å². The summed E-state index contributed by atoms with van der Waals surface area (Å²) >= 11 is 6.10. The van der Waals surface area contributed by atoms with Crippen molar-refractivity contribution in [3.63, 3.8) is 0 Å². The summed E-state index contributed by atoms with van der Waals surface area (Å²) in [5, 5.41) is 6.76. The predicted octanol–water partition coefficient (Wildman–Crippen LogP) is 3.63. The Hall–Kier alpha value is -3.53. The van der Waals surface area contributed by atoms with E-state index in [4.69, 9.17) is 20.9 Å². The van der Waals surface area contributed by atoms with Crippen LogP contribution in [0.1, 0.15) is 34.7 Å². The quantitative estimate of drug-likeness (QED) is 0.479. The molecule has 2 N–H and O–H groups in total. The number of nitrogens with zero attached hydrogens (tertiary/aromatic N) is 4. The topological polar surface area (TPSA) is 119 Å². The van der Waals surface area contributed by atoms with Crippen LogP contribution in [0.2, 0.25) is 5.02 Å². The summed E-state index contributed by atoms with van der Waals surface area (Å²) in [7, 11) is 1.39. The lowest BCUT2D eigenvalue weighted by atomic mass is 10.2. The van der Waals surface area contributed by atoms with Gasteiger partial charge in [0.05, 0.1) is 24.2 Å². The molecular weight excluding hydrogens is 415 g/mol. The predicted molar refractivity (Wildman–Crippen MR) is 106 cm³/mol. The number of carbonyl (C=O) groups is 1. The van der Waals surface area contributed by atoms with Crippen LogP contribution in [0.5, 0.6) is 5.88 Å². The number of amides is 1. The summed E-state index contributed by atoms with van der Waals surface area (Å²) in [6.07, 6.45) is 1.19. The molecule has 0 aliphatic heterocycles. The van der Waals surface area contributed by atoms with Gasteiger partial charge in [0.2, 0.25) is 11.6 Å². The highest BCUT2D eigenvalue weighted by molar-refractivity contribution is 6.34. The number of aromatic amines is 1. The molecule has 0 spiro atoms. The first-order chi connectivity index (χ1) is 14.5. The molecule has 1 aromatic carbocycles. The normalized spacial score (nSPS) is 12.1. The van der Waals surface area contributed by atoms with Crippen molar-refractivity contribution in [1.82, 2.24) is 30.4 Å². The lowest BCUT2D eigenvalue weighted by Crippen LogP contribution is -2.28. The second-order valence-corrected chi connectivity index (χ2v) is 6.81. The van der Waals surface area contributed by atoms with E-state index in [-0.39, 0.29) is 16.6 Å². The number of rotatable bonds is 6. The molecule has 1 atom stereocenters. The Kier molecular flexibility index (Phi) is 5.32. The van der Waals surface area contributed by atoms with E-state index in [2.05, 4.69) is 30.4 Å². The number of carbonyl (C=O) groups excluding carboxylic acids is 1. The molecule has 0 radical (unpaired) electrons. The summed E-state index contributed by atoms with van der Waals surface area (Å²) in [5.41, 5.74) is 2.37. The molecule has 0 saturated carbocycles. The Morgan fingerprint density at radius 1 is 1.37 bits per heavy atom. The minimum Gasteiger partial charge on any atom is -0.480 e. The molecule has 4 aromatic rings. The molecule has 0 fully saturated rings. The lowest BCUT2D eigenvalue weighted by molar-refractivity contribution is 0.0933. The van der Waals surface area contributed by atoms with Crippen LogP contribution in [0.25, 0.3) is 22.6 Å². The fourth-order valence-electron chi connectivity index (χ4n) is 2.85. The van der Waals surface area contributed by atoms with Crippen molar-refractivity contribution < 1.29 is 18.4 Å². The Morgan fingerprint density at radius 3 is 2.97 bits per heavy atom. The van der Waals surface area contributed by atoms with Gasteiger partial charge in [0.1, 0.15) is 23.7 Å². The van der Waals surface area contributed by atoms with Gasteiger partial charge in [-0.1, -0.05) is 22.8 Å². The minimum absolute atomic E-state index is 0.0139. The van der Waals surface area contributed by atoms with Crippen molar-refractivity contribution in [3.05, 3.63) is 52.6 Å². The summed E-state index contributed by atoms with van der Waals surface area (Å²) in [6, 6.07) is 6.23. The Labute approximate surface area is 174 Å². The molecule has 4 rings (SSSR count). The summed E-state index contributed by atoms with van der Waals surface area (Å²) in [4.78, 5) is 27.8. The van der Waals surface area contributed by atoms with E-state index < -0.39 is 18.6 Å². The number of aromatic nitrogens is 5. The number of alkyl halides is 1. The van der Waals surface area contributed by atoms with Crippen LogP contribution in [-0.2, 0) is 6.67 Å². The standard InChI is InChI=1S/C19H16ClFN6O3/c1-9(24-18(28)16-15(20)19(29-2)23-8-22-16)12-6-14(30-27-12)17-25-11-4-3-10(7-21)5-13(11)26-17/h3-6,8-9H,7H2,1-2H3,(H,24,28)(H,25,26)/t9-/m0/s1. The lowest BCUT2D eigenvalue weighted by Gasteiger charge is -2.11. The highest BCUT2D eigenvalue weighted by Crippen LogP contribution is 2.26. The zero-order valence-corrected chi connectivity index (χ0v) is 16.7.